The molecule has 1 aliphatic carbocycles. The summed E-state index contributed by atoms with van der Waals surface area (Å²) in [5, 5.41) is 2.59. The first kappa shape index (κ1) is 20.1. The Bertz CT molecular complexity index is 971. The summed E-state index contributed by atoms with van der Waals surface area (Å²) in [7, 11) is 1.68. The molecule has 4 rings (SSSR count). The molecule has 2 aliphatic rings. The molecular weight excluding hydrogens is 389 g/mol. The summed E-state index contributed by atoms with van der Waals surface area (Å²) >= 11 is 0. The third-order valence-electron chi connectivity index (χ3n) is 5.73. The lowest BCUT2D eigenvalue weighted by atomic mass is 10.1. The average molecular weight is 413 g/mol. The minimum absolute atomic E-state index is 0.109. The van der Waals surface area contributed by atoms with Gasteiger partial charge >= 0.3 is 6.03 Å². The van der Waals surface area contributed by atoms with E-state index < -0.39 is 23.8 Å². The van der Waals surface area contributed by atoms with Gasteiger partial charge in [0.1, 0.15) is 23.4 Å². The lowest BCUT2D eigenvalue weighted by Crippen LogP contribution is -2.33. The van der Waals surface area contributed by atoms with Gasteiger partial charge in [0.25, 0.3) is 5.91 Å². The zero-order valence-corrected chi connectivity index (χ0v) is 16.9. The molecular formula is C22H24FN3O4. The molecule has 7 nitrogen and oxygen atoms in total. The number of carbonyl (C=O) groups is 3. The maximum Gasteiger partial charge on any atom is 0.329 e. The number of imide groups is 1. The predicted molar refractivity (Wildman–Crippen MR) is 107 cm³/mol. The van der Waals surface area contributed by atoms with Crippen molar-refractivity contribution in [2.45, 2.75) is 44.7 Å². The first-order valence-electron chi connectivity index (χ1n) is 10.1. The van der Waals surface area contributed by atoms with Gasteiger partial charge in [-0.05, 0) is 55.2 Å². The van der Waals surface area contributed by atoms with Crippen molar-refractivity contribution in [3.8, 4) is 0 Å². The van der Waals surface area contributed by atoms with Gasteiger partial charge in [-0.2, -0.15) is 0 Å². The van der Waals surface area contributed by atoms with Gasteiger partial charge in [0.05, 0.1) is 12.2 Å². The Labute approximate surface area is 173 Å². The number of rotatable bonds is 7. The highest BCUT2D eigenvalue weighted by Crippen LogP contribution is 2.47. The molecule has 1 aromatic carbocycles. The molecule has 30 heavy (non-hydrogen) atoms. The summed E-state index contributed by atoms with van der Waals surface area (Å²) in [5.74, 6) is 1.79. The van der Waals surface area contributed by atoms with Crippen molar-refractivity contribution in [3.63, 3.8) is 0 Å². The lowest BCUT2D eigenvalue weighted by molar-refractivity contribution is -0.131. The number of anilines is 1. The van der Waals surface area contributed by atoms with Gasteiger partial charge in [-0.1, -0.05) is 6.92 Å². The monoisotopic (exact) mass is 413 g/mol. The molecule has 1 aromatic heterocycles. The molecule has 1 saturated heterocycles. The van der Waals surface area contributed by atoms with Gasteiger partial charge in [-0.15, -0.1) is 0 Å². The van der Waals surface area contributed by atoms with Crippen LogP contribution in [0.4, 0.5) is 14.9 Å². The first-order valence-corrected chi connectivity index (χ1v) is 10.1. The molecule has 2 aromatic rings. The van der Waals surface area contributed by atoms with Crippen LogP contribution in [0.5, 0.6) is 0 Å². The third kappa shape index (κ3) is 4.08. The Morgan fingerprint density at radius 2 is 1.93 bits per heavy atom. The van der Waals surface area contributed by atoms with Crippen LogP contribution in [0.1, 0.15) is 43.6 Å². The van der Waals surface area contributed by atoms with Crippen LogP contribution >= 0.6 is 0 Å². The van der Waals surface area contributed by atoms with Crippen LogP contribution in [0.25, 0.3) is 0 Å². The van der Waals surface area contributed by atoms with E-state index in [1.54, 1.807) is 11.9 Å². The van der Waals surface area contributed by atoms with Crippen LogP contribution in [0, 0.1) is 11.7 Å². The highest BCUT2D eigenvalue weighted by atomic mass is 19.1. The van der Waals surface area contributed by atoms with E-state index in [1.165, 1.54) is 24.3 Å². The number of furan rings is 1. The maximum atomic E-state index is 13.1. The maximum absolute atomic E-state index is 13.1. The van der Waals surface area contributed by atoms with Gasteiger partial charge in [-0.25, -0.2) is 14.1 Å². The van der Waals surface area contributed by atoms with Gasteiger partial charge in [-0.3, -0.25) is 9.59 Å². The molecule has 4 amide bonds. The van der Waals surface area contributed by atoms with Crippen molar-refractivity contribution in [2.75, 3.05) is 11.9 Å². The number of benzene rings is 1. The van der Waals surface area contributed by atoms with Crippen molar-refractivity contribution >= 4 is 23.5 Å². The summed E-state index contributed by atoms with van der Waals surface area (Å²) in [5.41, 5.74) is 0.295. The normalized spacial score (nSPS) is 22.9. The van der Waals surface area contributed by atoms with Crippen LogP contribution in [-0.2, 0) is 16.1 Å². The van der Waals surface area contributed by atoms with Crippen molar-refractivity contribution in [3.05, 3.63) is 53.7 Å². The second-order valence-corrected chi connectivity index (χ2v) is 8.06. The Hall–Kier alpha value is -3.16. The van der Waals surface area contributed by atoms with Gasteiger partial charge in [0.2, 0.25) is 5.91 Å². The molecule has 8 heteroatoms. The summed E-state index contributed by atoms with van der Waals surface area (Å²) in [4.78, 5) is 39.8. The van der Waals surface area contributed by atoms with Gasteiger partial charge < -0.3 is 14.6 Å². The van der Waals surface area contributed by atoms with E-state index in [4.69, 9.17) is 4.42 Å². The summed E-state index contributed by atoms with van der Waals surface area (Å²) in [6, 6.07) is 7.62. The minimum atomic E-state index is -0.786. The fourth-order valence-electron chi connectivity index (χ4n) is 3.74. The van der Waals surface area contributed by atoms with Gasteiger partial charge in [0.15, 0.2) is 0 Å². The second-order valence-electron chi connectivity index (χ2n) is 8.06. The van der Waals surface area contributed by atoms with E-state index in [2.05, 4.69) is 12.2 Å². The number of nitrogens with zero attached hydrogens (tertiary/aromatic N) is 2. The predicted octanol–water partition coefficient (Wildman–Crippen LogP) is 3.41. The largest absolute Gasteiger partial charge is 0.464 e. The molecule has 1 aliphatic heterocycles. The zero-order valence-electron chi connectivity index (χ0n) is 16.9. The molecule has 0 radical (unpaired) electrons. The fourth-order valence-corrected chi connectivity index (χ4v) is 3.74. The standard InChI is InChI=1S/C22H24FN3O4/c1-13-11-17(13)19-9-7-16(30-19)12-25(2)20(27)10-8-18-21(28)26(22(29)24-18)15-5-3-14(23)4-6-15/h3-7,9,13,17-18H,8,10-12H2,1-2H3,(H,24,29)/t13-,17-,18+/m1/s1. The zero-order chi connectivity index (χ0) is 21.4. The fraction of sp³-hybridized carbons (Fsp3) is 0.409. The molecule has 1 N–H and O–H groups in total. The van der Waals surface area contributed by atoms with Crippen molar-refractivity contribution in [1.82, 2.24) is 10.2 Å². The molecule has 0 spiro atoms. The number of halogens is 1. The number of carbonyl (C=O) groups excluding carboxylic acids is 3. The minimum Gasteiger partial charge on any atom is -0.464 e. The van der Waals surface area contributed by atoms with Crippen LogP contribution in [-0.4, -0.2) is 35.8 Å². The first-order chi connectivity index (χ1) is 14.3. The third-order valence-corrected chi connectivity index (χ3v) is 5.73. The molecule has 158 valence electrons. The van der Waals surface area contributed by atoms with Crippen LogP contribution < -0.4 is 10.2 Å². The SMILES string of the molecule is C[C@@H]1C[C@H]1c1ccc(CN(C)C(=O)CC[C@@H]2NC(=O)N(c3ccc(F)cc3)C2=O)o1. The summed E-state index contributed by atoms with van der Waals surface area (Å²) in [6.07, 6.45) is 1.43. The van der Waals surface area contributed by atoms with Crippen molar-refractivity contribution in [1.29, 1.82) is 0 Å². The Morgan fingerprint density at radius 3 is 2.60 bits per heavy atom. The Morgan fingerprint density at radius 1 is 1.23 bits per heavy atom. The van der Waals surface area contributed by atoms with E-state index in [-0.39, 0.29) is 18.7 Å². The molecule has 2 fully saturated rings. The number of amides is 4. The van der Waals surface area contributed by atoms with E-state index >= 15 is 0 Å². The quantitative estimate of drug-likeness (QED) is 0.706. The summed E-state index contributed by atoms with van der Waals surface area (Å²) < 4.78 is 18.9. The summed E-state index contributed by atoms with van der Waals surface area (Å²) in [6.45, 7) is 2.54. The smallest absolute Gasteiger partial charge is 0.329 e. The molecule has 3 atom stereocenters. The van der Waals surface area contributed by atoms with Crippen LogP contribution in [0.3, 0.4) is 0 Å². The molecule has 2 heterocycles. The van der Waals surface area contributed by atoms with E-state index in [1.807, 2.05) is 12.1 Å². The van der Waals surface area contributed by atoms with Crippen LogP contribution in [0.15, 0.2) is 40.8 Å². The lowest BCUT2D eigenvalue weighted by Gasteiger charge is -2.17. The number of hydrogen-bond acceptors (Lipinski definition) is 4. The number of urea groups is 1. The highest BCUT2D eigenvalue weighted by Gasteiger charge is 2.39. The molecule has 0 bridgehead atoms. The Balaban J connectivity index is 1.30. The topological polar surface area (TPSA) is 82.9 Å². The van der Waals surface area contributed by atoms with E-state index in [9.17, 15) is 18.8 Å². The van der Waals surface area contributed by atoms with Crippen molar-refractivity contribution in [2.24, 2.45) is 5.92 Å². The Kier molecular flexibility index (Phi) is 5.32. The number of hydrogen-bond donors (Lipinski definition) is 1. The van der Waals surface area contributed by atoms with Crippen LogP contribution in [0.2, 0.25) is 0 Å². The number of nitrogens with one attached hydrogen (secondary N) is 1. The highest BCUT2D eigenvalue weighted by molar-refractivity contribution is 6.21. The van der Waals surface area contributed by atoms with Crippen molar-refractivity contribution < 1.29 is 23.2 Å². The average Bonchev–Trinajstić information content (AvgIpc) is 3.14. The van der Waals surface area contributed by atoms with E-state index in [0.29, 0.717) is 24.1 Å². The van der Waals surface area contributed by atoms with E-state index in [0.717, 1.165) is 22.8 Å². The van der Waals surface area contributed by atoms with Gasteiger partial charge in [0, 0.05) is 19.4 Å². The molecule has 1 saturated carbocycles. The second kappa shape index (κ2) is 7.93. The molecule has 0 unspecified atom stereocenters.